The molecule has 0 aliphatic carbocycles. The fourth-order valence-electron chi connectivity index (χ4n) is 2.58. The summed E-state index contributed by atoms with van der Waals surface area (Å²) in [4.78, 5) is 2.58. The van der Waals surface area contributed by atoms with Gasteiger partial charge in [-0.1, -0.05) is 0 Å². The van der Waals surface area contributed by atoms with Gasteiger partial charge in [-0.2, -0.15) is 5.10 Å². The number of nitrogens with one attached hydrogen (secondary N) is 1. The second-order valence-electron chi connectivity index (χ2n) is 6.26. The monoisotopic (exact) mass is 250 g/mol. The molecule has 1 saturated heterocycles. The van der Waals surface area contributed by atoms with E-state index in [0.717, 1.165) is 6.54 Å². The van der Waals surface area contributed by atoms with Crippen molar-refractivity contribution in [2.75, 3.05) is 13.1 Å². The molecule has 102 valence electrons. The van der Waals surface area contributed by atoms with E-state index in [0.29, 0.717) is 11.6 Å². The van der Waals surface area contributed by atoms with Crippen molar-refractivity contribution in [1.82, 2.24) is 20.0 Å². The molecule has 0 saturated carbocycles. The minimum atomic E-state index is 0.313. The first-order valence-corrected chi connectivity index (χ1v) is 6.92. The molecule has 1 fully saturated rings. The summed E-state index contributed by atoms with van der Waals surface area (Å²) in [5, 5.41) is 7.84. The van der Waals surface area contributed by atoms with Gasteiger partial charge in [-0.3, -0.25) is 9.58 Å². The summed E-state index contributed by atoms with van der Waals surface area (Å²) in [7, 11) is 2.00. The van der Waals surface area contributed by atoms with Gasteiger partial charge in [0, 0.05) is 44.5 Å². The maximum Gasteiger partial charge on any atom is 0.0518 e. The summed E-state index contributed by atoms with van der Waals surface area (Å²) in [6.07, 6.45) is 4.35. The standard InChI is InChI=1S/C14H26N4/c1-14(2,3)18-9-6-12(7-10-18)15-11-13-5-8-16-17(13)4/h5,8,12,15H,6-7,9-11H2,1-4H3. The van der Waals surface area contributed by atoms with Crippen molar-refractivity contribution >= 4 is 0 Å². The normalized spacial score (nSPS) is 19.3. The van der Waals surface area contributed by atoms with Gasteiger partial charge < -0.3 is 5.32 Å². The maximum absolute atomic E-state index is 4.19. The predicted octanol–water partition coefficient (Wildman–Crippen LogP) is 1.77. The molecule has 0 spiro atoms. The average Bonchev–Trinajstić information content (AvgIpc) is 2.72. The highest BCUT2D eigenvalue weighted by Crippen LogP contribution is 2.20. The van der Waals surface area contributed by atoms with E-state index in [1.165, 1.54) is 31.6 Å². The largest absolute Gasteiger partial charge is 0.308 e. The fourth-order valence-corrected chi connectivity index (χ4v) is 2.58. The lowest BCUT2D eigenvalue weighted by atomic mass is 9.98. The van der Waals surface area contributed by atoms with Gasteiger partial charge in [0.25, 0.3) is 0 Å². The Labute approximate surface area is 110 Å². The number of aryl methyl sites for hydroxylation is 1. The summed E-state index contributed by atoms with van der Waals surface area (Å²) in [5.74, 6) is 0. The molecule has 1 aromatic rings. The van der Waals surface area contributed by atoms with Gasteiger partial charge in [0.1, 0.15) is 0 Å². The van der Waals surface area contributed by atoms with Crippen LogP contribution in [0.2, 0.25) is 0 Å². The third-order valence-corrected chi connectivity index (χ3v) is 3.94. The van der Waals surface area contributed by atoms with Crippen LogP contribution in [0.3, 0.4) is 0 Å². The third kappa shape index (κ3) is 3.33. The van der Waals surface area contributed by atoms with Crippen LogP contribution in [-0.4, -0.2) is 39.4 Å². The minimum absolute atomic E-state index is 0.313. The number of nitrogens with zero attached hydrogens (tertiary/aromatic N) is 3. The Morgan fingerprint density at radius 1 is 1.33 bits per heavy atom. The van der Waals surface area contributed by atoms with E-state index in [1.807, 2.05) is 17.9 Å². The molecule has 0 unspecified atom stereocenters. The molecule has 0 radical (unpaired) electrons. The first-order chi connectivity index (χ1) is 8.47. The van der Waals surface area contributed by atoms with Crippen molar-refractivity contribution in [3.63, 3.8) is 0 Å². The summed E-state index contributed by atoms with van der Waals surface area (Å²) in [6.45, 7) is 10.2. The van der Waals surface area contributed by atoms with Gasteiger partial charge >= 0.3 is 0 Å². The summed E-state index contributed by atoms with van der Waals surface area (Å²) < 4.78 is 1.94. The topological polar surface area (TPSA) is 33.1 Å². The Morgan fingerprint density at radius 2 is 2.00 bits per heavy atom. The molecule has 0 bridgehead atoms. The van der Waals surface area contributed by atoms with Gasteiger partial charge in [0.2, 0.25) is 0 Å². The lowest BCUT2D eigenvalue weighted by molar-refractivity contribution is 0.0959. The lowest BCUT2D eigenvalue weighted by Gasteiger charge is -2.41. The highest BCUT2D eigenvalue weighted by molar-refractivity contribution is 4.99. The van der Waals surface area contributed by atoms with Crippen LogP contribution in [0.25, 0.3) is 0 Å². The zero-order chi connectivity index (χ0) is 13.2. The zero-order valence-corrected chi connectivity index (χ0v) is 12.1. The molecule has 1 aromatic heterocycles. The molecule has 1 aliphatic heterocycles. The fraction of sp³-hybridized carbons (Fsp3) is 0.786. The van der Waals surface area contributed by atoms with E-state index < -0.39 is 0 Å². The Morgan fingerprint density at radius 3 is 2.50 bits per heavy atom. The molecular formula is C14H26N4. The highest BCUT2D eigenvalue weighted by atomic mass is 15.3. The maximum atomic E-state index is 4.19. The van der Waals surface area contributed by atoms with Crippen molar-refractivity contribution < 1.29 is 0 Å². The minimum Gasteiger partial charge on any atom is -0.308 e. The predicted molar refractivity (Wildman–Crippen MR) is 74.4 cm³/mol. The summed E-state index contributed by atoms with van der Waals surface area (Å²) in [6, 6.07) is 2.73. The molecule has 0 aromatic carbocycles. The van der Waals surface area contributed by atoms with Gasteiger partial charge in [0.15, 0.2) is 0 Å². The quantitative estimate of drug-likeness (QED) is 0.887. The van der Waals surface area contributed by atoms with Gasteiger partial charge in [0.05, 0.1) is 5.69 Å². The van der Waals surface area contributed by atoms with Crippen molar-refractivity contribution in [3.05, 3.63) is 18.0 Å². The van der Waals surface area contributed by atoms with Crippen LogP contribution < -0.4 is 5.32 Å². The summed E-state index contributed by atoms with van der Waals surface area (Å²) >= 11 is 0. The number of aromatic nitrogens is 2. The van der Waals surface area contributed by atoms with Gasteiger partial charge in [-0.25, -0.2) is 0 Å². The zero-order valence-electron chi connectivity index (χ0n) is 12.1. The van der Waals surface area contributed by atoms with Crippen molar-refractivity contribution in [2.45, 2.75) is 51.7 Å². The molecule has 2 heterocycles. The van der Waals surface area contributed by atoms with Crippen LogP contribution >= 0.6 is 0 Å². The number of rotatable bonds is 3. The first-order valence-electron chi connectivity index (χ1n) is 6.92. The van der Waals surface area contributed by atoms with E-state index in [2.05, 4.69) is 42.2 Å². The molecule has 4 heteroatoms. The average molecular weight is 250 g/mol. The second-order valence-corrected chi connectivity index (χ2v) is 6.26. The van der Waals surface area contributed by atoms with E-state index in [-0.39, 0.29) is 0 Å². The van der Waals surface area contributed by atoms with Crippen LogP contribution in [0.5, 0.6) is 0 Å². The van der Waals surface area contributed by atoms with Crippen LogP contribution in [0.4, 0.5) is 0 Å². The third-order valence-electron chi connectivity index (χ3n) is 3.94. The molecule has 1 aliphatic rings. The van der Waals surface area contributed by atoms with Gasteiger partial charge in [-0.15, -0.1) is 0 Å². The smallest absolute Gasteiger partial charge is 0.0518 e. The second kappa shape index (κ2) is 5.41. The molecule has 0 amide bonds. The molecular weight excluding hydrogens is 224 g/mol. The Balaban J connectivity index is 1.76. The van der Waals surface area contributed by atoms with E-state index in [1.54, 1.807) is 0 Å². The van der Waals surface area contributed by atoms with Crippen LogP contribution in [0.1, 0.15) is 39.3 Å². The first kappa shape index (κ1) is 13.6. The van der Waals surface area contributed by atoms with Crippen LogP contribution in [-0.2, 0) is 13.6 Å². The molecule has 1 N–H and O–H groups in total. The van der Waals surface area contributed by atoms with Crippen molar-refractivity contribution in [1.29, 1.82) is 0 Å². The van der Waals surface area contributed by atoms with Crippen molar-refractivity contribution in [2.24, 2.45) is 7.05 Å². The number of hydrogen-bond donors (Lipinski definition) is 1. The van der Waals surface area contributed by atoms with E-state index >= 15 is 0 Å². The highest BCUT2D eigenvalue weighted by Gasteiger charge is 2.26. The summed E-state index contributed by atoms with van der Waals surface area (Å²) in [5.41, 5.74) is 1.57. The van der Waals surface area contributed by atoms with Gasteiger partial charge in [-0.05, 0) is 39.7 Å². The number of hydrogen-bond acceptors (Lipinski definition) is 3. The Hall–Kier alpha value is -0.870. The van der Waals surface area contributed by atoms with E-state index in [4.69, 9.17) is 0 Å². The van der Waals surface area contributed by atoms with Crippen molar-refractivity contribution in [3.8, 4) is 0 Å². The van der Waals surface area contributed by atoms with Crippen LogP contribution in [0.15, 0.2) is 12.3 Å². The number of likely N-dealkylation sites (tertiary alicyclic amines) is 1. The lowest BCUT2D eigenvalue weighted by Crippen LogP contribution is -2.49. The molecule has 0 atom stereocenters. The molecule has 18 heavy (non-hydrogen) atoms. The molecule has 2 rings (SSSR count). The Bertz CT molecular complexity index is 369. The molecule has 4 nitrogen and oxygen atoms in total. The SMILES string of the molecule is Cn1nccc1CNC1CCN(C(C)(C)C)CC1. The van der Waals surface area contributed by atoms with Crippen LogP contribution in [0, 0.1) is 0 Å². The number of piperidine rings is 1. The van der Waals surface area contributed by atoms with E-state index in [9.17, 15) is 0 Å². The Kier molecular flexibility index (Phi) is 4.07.